The van der Waals surface area contributed by atoms with Crippen molar-refractivity contribution in [1.82, 2.24) is 9.46 Å². The van der Waals surface area contributed by atoms with E-state index in [1.165, 1.54) is 11.4 Å². The van der Waals surface area contributed by atoms with Gasteiger partial charge in [0.05, 0.1) is 12.8 Å². The van der Waals surface area contributed by atoms with Crippen molar-refractivity contribution in [2.75, 3.05) is 38.2 Å². The van der Waals surface area contributed by atoms with Crippen molar-refractivity contribution < 1.29 is 17.7 Å². The number of piperazine rings is 1. The molecular formula is C21H23N3O4S. The van der Waals surface area contributed by atoms with Crippen LogP contribution in [0.2, 0.25) is 0 Å². The second kappa shape index (κ2) is 7.88. The van der Waals surface area contributed by atoms with E-state index in [1.807, 2.05) is 37.3 Å². The van der Waals surface area contributed by atoms with Gasteiger partial charge in [0.1, 0.15) is 10.6 Å². The zero-order valence-electron chi connectivity index (χ0n) is 16.4. The van der Waals surface area contributed by atoms with Gasteiger partial charge in [0.2, 0.25) is 10.0 Å². The fourth-order valence-corrected chi connectivity index (χ4v) is 5.06. The standard InChI is InChI=1S/C21H23N3O4S/c1-16-14-19(28-22-16)17-8-9-21(20(15-17)27-2)29(25,26)24-12-10-23(11-13-24)18-6-4-3-5-7-18/h3-9,14-15H,10-13H2,1-2H3. The molecule has 0 radical (unpaired) electrons. The van der Waals surface area contributed by atoms with Gasteiger partial charge in [0.15, 0.2) is 5.76 Å². The number of rotatable bonds is 5. The number of para-hydroxylation sites is 1. The van der Waals surface area contributed by atoms with E-state index in [2.05, 4.69) is 10.1 Å². The van der Waals surface area contributed by atoms with Crippen molar-refractivity contribution in [2.45, 2.75) is 11.8 Å². The molecule has 2 heterocycles. The molecule has 0 aliphatic carbocycles. The monoisotopic (exact) mass is 413 g/mol. The highest BCUT2D eigenvalue weighted by Gasteiger charge is 2.31. The number of sulfonamides is 1. The number of hydrogen-bond donors (Lipinski definition) is 0. The molecule has 152 valence electrons. The highest BCUT2D eigenvalue weighted by atomic mass is 32.2. The van der Waals surface area contributed by atoms with E-state index in [0.29, 0.717) is 37.7 Å². The summed E-state index contributed by atoms with van der Waals surface area (Å²) in [4.78, 5) is 2.35. The van der Waals surface area contributed by atoms with Crippen molar-refractivity contribution in [1.29, 1.82) is 0 Å². The zero-order chi connectivity index (χ0) is 20.4. The average Bonchev–Trinajstić information content (AvgIpc) is 3.20. The van der Waals surface area contributed by atoms with Gasteiger partial charge in [-0.25, -0.2) is 8.42 Å². The van der Waals surface area contributed by atoms with Gasteiger partial charge in [-0.3, -0.25) is 0 Å². The summed E-state index contributed by atoms with van der Waals surface area (Å²) in [6.07, 6.45) is 0. The Bertz CT molecular complexity index is 1090. The predicted octanol–water partition coefficient (Wildman–Crippen LogP) is 3.17. The Morgan fingerprint density at radius 3 is 2.34 bits per heavy atom. The van der Waals surface area contributed by atoms with E-state index in [0.717, 1.165) is 16.9 Å². The normalized spacial score (nSPS) is 15.4. The maximum absolute atomic E-state index is 13.3. The van der Waals surface area contributed by atoms with E-state index < -0.39 is 10.0 Å². The first-order valence-corrected chi connectivity index (χ1v) is 10.8. The first-order valence-electron chi connectivity index (χ1n) is 9.41. The summed E-state index contributed by atoms with van der Waals surface area (Å²) < 4.78 is 38.7. The summed E-state index contributed by atoms with van der Waals surface area (Å²) in [5.74, 6) is 0.864. The lowest BCUT2D eigenvalue weighted by Gasteiger charge is -2.35. The number of nitrogens with zero attached hydrogens (tertiary/aromatic N) is 3. The quantitative estimate of drug-likeness (QED) is 0.640. The van der Waals surface area contributed by atoms with E-state index in [-0.39, 0.29) is 4.90 Å². The number of ether oxygens (including phenoxy) is 1. The summed E-state index contributed by atoms with van der Waals surface area (Å²) in [6.45, 7) is 3.95. The van der Waals surface area contributed by atoms with E-state index in [4.69, 9.17) is 9.26 Å². The van der Waals surface area contributed by atoms with Gasteiger partial charge in [-0.1, -0.05) is 23.4 Å². The molecule has 0 bridgehead atoms. The van der Waals surface area contributed by atoms with Crippen LogP contribution in [0.1, 0.15) is 5.69 Å². The number of methoxy groups -OCH3 is 1. The SMILES string of the molecule is COc1cc(-c2cc(C)no2)ccc1S(=O)(=O)N1CCN(c2ccccc2)CC1. The van der Waals surface area contributed by atoms with Crippen molar-refractivity contribution in [3.05, 3.63) is 60.3 Å². The maximum Gasteiger partial charge on any atom is 0.246 e. The lowest BCUT2D eigenvalue weighted by molar-refractivity contribution is 0.374. The molecule has 0 N–H and O–H groups in total. The molecule has 0 amide bonds. The van der Waals surface area contributed by atoms with Gasteiger partial charge in [0.25, 0.3) is 0 Å². The minimum atomic E-state index is -3.67. The van der Waals surface area contributed by atoms with Gasteiger partial charge in [-0.05, 0) is 37.3 Å². The van der Waals surface area contributed by atoms with Crippen molar-refractivity contribution in [2.24, 2.45) is 0 Å². The van der Waals surface area contributed by atoms with Gasteiger partial charge >= 0.3 is 0 Å². The molecule has 0 spiro atoms. The number of anilines is 1. The van der Waals surface area contributed by atoms with E-state index >= 15 is 0 Å². The summed E-state index contributed by atoms with van der Waals surface area (Å²) in [5, 5.41) is 3.88. The summed E-state index contributed by atoms with van der Waals surface area (Å²) >= 11 is 0. The molecule has 4 rings (SSSR count). The van der Waals surface area contributed by atoms with E-state index in [9.17, 15) is 8.42 Å². The van der Waals surface area contributed by atoms with Crippen LogP contribution >= 0.6 is 0 Å². The Hall–Kier alpha value is -2.84. The number of benzene rings is 2. The molecule has 1 saturated heterocycles. The van der Waals surface area contributed by atoms with Crippen LogP contribution < -0.4 is 9.64 Å². The van der Waals surface area contributed by atoms with Crippen LogP contribution in [0.4, 0.5) is 5.69 Å². The van der Waals surface area contributed by atoms with Crippen LogP contribution in [0.25, 0.3) is 11.3 Å². The number of hydrogen-bond acceptors (Lipinski definition) is 6. The molecule has 1 fully saturated rings. The molecule has 1 aromatic heterocycles. The van der Waals surface area contributed by atoms with Crippen LogP contribution in [0.3, 0.4) is 0 Å². The molecule has 0 saturated carbocycles. The van der Waals surface area contributed by atoms with Crippen LogP contribution in [-0.2, 0) is 10.0 Å². The Morgan fingerprint density at radius 2 is 1.72 bits per heavy atom. The Morgan fingerprint density at radius 1 is 1.00 bits per heavy atom. The molecular weight excluding hydrogens is 390 g/mol. The first kappa shape index (κ1) is 19.5. The maximum atomic E-state index is 13.3. The first-order chi connectivity index (χ1) is 14.0. The molecule has 7 nitrogen and oxygen atoms in total. The van der Waals surface area contributed by atoms with Gasteiger partial charge in [0, 0.05) is 43.5 Å². The smallest absolute Gasteiger partial charge is 0.246 e. The summed E-state index contributed by atoms with van der Waals surface area (Å²) in [6, 6.07) is 16.8. The predicted molar refractivity (Wildman–Crippen MR) is 111 cm³/mol. The third-order valence-electron chi connectivity index (χ3n) is 5.05. The largest absolute Gasteiger partial charge is 0.495 e. The van der Waals surface area contributed by atoms with Crippen molar-refractivity contribution >= 4 is 15.7 Å². The van der Waals surface area contributed by atoms with Crippen LogP contribution in [0.5, 0.6) is 5.75 Å². The number of aryl methyl sites for hydroxylation is 1. The third-order valence-corrected chi connectivity index (χ3v) is 6.99. The van der Waals surface area contributed by atoms with Gasteiger partial charge in [-0.15, -0.1) is 0 Å². The van der Waals surface area contributed by atoms with Crippen LogP contribution in [-0.4, -0.2) is 51.2 Å². The second-order valence-corrected chi connectivity index (χ2v) is 8.83. The van der Waals surface area contributed by atoms with Crippen LogP contribution in [0, 0.1) is 6.92 Å². The molecule has 0 atom stereocenters. The van der Waals surface area contributed by atoms with Crippen molar-refractivity contribution in [3.63, 3.8) is 0 Å². The van der Waals surface area contributed by atoms with Crippen molar-refractivity contribution in [3.8, 4) is 17.1 Å². The molecule has 3 aromatic rings. The molecule has 1 aliphatic rings. The molecule has 8 heteroatoms. The molecule has 0 unspecified atom stereocenters. The minimum absolute atomic E-state index is 0.160. The average molecular weight is 413 g/mol. The Balaban J connectivity index is 1.56. The van der Waals surface area contributed by atoms with Gasteiger partial charge < -0.3 is 14.2 Å². The molecule has 29 heavy (non-hydrogen) atoms. The fraction of sp³-hybridized carbons (Fsp3) is 0.286. The lowest BCUT2D eigenvalue weighted by atomic mass is 10.1. The highest BCUT2D eigenvalue weighted by molar-refractivity contribution is 7.89. The number of aromatic nitrogens is 1. The lowest BCUT2D eigenvalue weighted by Crippen LogP contribution is -2.48. The zero-order valence-corrected chi connectivity index (χ0v) is 17.2. The summed E-state index contributed by atoms with van der Waals surface area (Å²) in [7, 11) is -2.20. The minimum Gasteiger partial charge on any atom is -0.495 e. The fourth-order valence-electron chi connectivity index (χ4n) is 3.50. The second-order valence-electron chi connectivity index (χ2n) is 6.92. The highest BCUT2D eigenvalue weighted by Crippen LogP contribution is 2.32. The summed E-state index contributed by atoms with van der Waals surface area (Å²) in [5.41, 5.74) is 2.58. The van der Waals surface area contributed by atoms with E-state index in [1.54, 1.807) is 24.3 Å². The topological polar surface area (TPSA) is 75.9 Å². The Labute approximate surface area is 170 Å². The van der Waals surface area contributed by atoms with Gasteiger partial charge in [-0.2, -0.15) is 4.31 Å². The third kappa shape index (κ3) is 3.86. The van der Waals surface area contributed by atoms with Crippen LogP contribution in [0.15, 0.2) is 64.0 Å². The molecule has 1 aliphatic heterocycles. The Kier molecular flexibility index (Phi) is 5.29. The molecule has 2 aromatic carbocycles.